The van der Waals surface area contributed by atoms with Gasteiger partial charge in [-0.1, -0.05) is 26.2 Å². The van der Waals surface area contributed by atoms with Crippen LogP contribution in [0.25, 0.3) is 0 Å². The lowest BCUT2D eigenvalue weighted by Gasteiger charge is -1.97. The summed E-state index contributed by atoms with van der Waals surface area (Å²) in [4.78, 5) is 21.2. The van der Waals surface area contributed by atoms with E-state index in [0.717, 1.165) is 25.7 Å². The van der Waals surface area contributed by atoms with E-state index in [2.05, 4.69) is 6.92 Å². The van der Waals surface area contributed by atoms with Gasteiger partial charge in [-0.3, -0.25) is 9.59 Å². The molecule has 0 bridgehead atoms. The van der Waals surface area contributed by atoms with Crippen LogP contribution in [0.2, 0.25) is 0 Å². The third-order valence-electron chi connectivity index (χ3n) is 1.68. The summed E-state index contributed by atoms with van der Waals surface area (Å²) in [5.74, 6) is -0.547. The summed E-state index contributed by atoms with van der Waals surface area (Å²) < 4.78 is 0. The van der Waals surface area contributed by atoms with Crippen LogP contribution in [-0.4, -0.2) is 11.7 Å². The van der Waals surface area contributed by atoms with E-state index in [1.54, 1.807) is 0 Å². The van der Waals surface area contributed by atoms with Gasteiger partial charge in [-0.05, 0) is 6.42 Å². The molecule has 0 fully saturated rings. The second-order valence-corrected chi connectivity index (χ2v) is 2.99. The zero-order chi connectivity index (χ0) is 9.40. The van der Waals surface area contributed by atoms with Crippen molar-refractivity contribution in [1.82, 2.24) is 0 Å². The highest BCUT2D eigenvalue weighted by Crippen LogP contribution is 2.03. The maximum atomic E-state index is 10.9. The molecule has 0 aromatic heterocycles. The van der Waals surface area contributed by atoms with E-state index in [0.29, 0.717) is 6.42 Å². The topological polar surface area (TPSA) is 60.2 Å². The van der Waals surface area contributed by atoms with Gasteiger partial charge in [-0.2, -0.15) is 0 Å². The van der Waals surface area contributed by atoms with E-state index in [1.165, 1.54) is 0 Å². The van der Waals surface area contributed by atoms with Crippen LogP contribution < -0.4 is 5.73 Å². The Balaban J connectivity index is 3.26. The van der Waals surface area contributed by atoms with Crippen LogP contribution in [0.4, 0.5) is 0 Å². The molecule has 0 saturated heterocycles. The fourth-order valence-electron chi connectivity index (χ4n) is 1.03. The van der Waals surface area contributed by atoms with Gasteiger partial charge >= 0.3 is 0 Å². The van der Waals surface area contributed by atoms with E-state index in [9.17, 15) is 9.59 Å². The first-order valence-corrected chi connectivity index (χ1v) is 4.46. The Hall–Kier alpha value is -0.860. The smallest absolute Gasteiger partial charge is 0.224 e. The Labute approximate surface area is 73.3 Å². The molecular formula is C9H17NO2. The van der Waals surface area contributed by atoms with E-state index in [-0.39, 0.29) is 12.2 Å². The van der Waals surface area contributed by atoms with Gasteiger partial charge in [-0.15, -0.1) is 0 Å². The Bertz CT molecular complexity index is 155. The predicted molar refractivity (Wildman–Crippen MR) is 47.6 cm³/mol. The number of primary amides is 1. The third-order valence-corrected chi connectivity index (χ3v) is 1.68. The number of amides is 1. The van der Waals surface area contributed by atoms with Gasteiger partial charge in [0.15, 0.2) is 0 Å². The number of Topliss-reactive ketones (excluding diaryl/α,β-unsaturated/α-hetero) is 1. The molecular weight excluding hydrogens is 154 g/mol. The van der Waals surface area contributed by atoms with Gasteiger partial charge in [0.1, 0.15) is 5.78 Å². The van der Waals surface area contributed by atoms with Crippen molar-refractivity contribution in [2.45, 2.75) is 45.4 Å². The molecule has 1 amide bonds. The molecule has 3 heteroatoms. The van der Waals surface area contributed by atoms with E-state index < -0.39 is 5.91 Å². The zero-order valence-corrected chi connectivity index (χ0v) is 7.64. The highest BCUT2D eigenvalue weighted by Gasteiger charge is 2.04. The Kier molecular flexibility index (Phi) is 6.34. The van der Waals surface area contributed by atoms with E-state index in [1.807, 2.05) is 0 Å². The Morgan fingerprint density at radius 1 is 1.17 bits per heavy atom. The SMILES string of the molecule is CCCCCCC(=O)CC(N)=O. The van der Waals surface area contributed by atoms with E-state index in [4.69, 9.17) is 5.73 Å². The molecule has 0 aromatic rings. The Morgan fingerprint density at radius 2 is 1.83 bits per heavy atom. The van der Waals surface area contributed by atoms with Crippen LogP contribution in [-0.2, 0) is 9.59 Å². The number of rotatable bonds is 7. The number of hydrogen-bond acceptors (Lipinski definition) is 2. The lowest BCUT2D eigenvalue weighted by atomic mass is 10.1. The van der Waals surface area contributed by atoms with Crippen molar-refractivity contribution in [3.05, 3.63) is 0 Å². The Morgan fingerprint density at radius 3 is 2.33 bits per heavy atom. The first-order chi connectivity index (χ1) is 5.66. The van der Waals surface area contributed by atoms with Crippen LogP contribution in [0.3, 0.4) is 0 Å². The third kappa shape index (κ3) is 7.25. The highest BCUT2D eigenvalue weighted by molar-refractivity contribution is 5.97. The molecule has 0 atom stereocenters. The predicted octanol–water partition coefficient (Wildman–Crippen LogP) is 1.40. The van der Waals surface area contributed by atoms with Gasteiger partial charge in [0, 0.05) is 6.42 Å². The molecule has 3 nitrogen and oxygen atoms in total. The van der Waals surface area contributed by atoms with Crippen LogP contribution in [0.1, 0.15) is 45.4 Å². The van der Waals surface area contributed by atoms with Crippen molar-refractivity contribution < 1.29 is 9.59 Å². The lowest BCUT2D eigenvalue weighted by molar-refractivity contribution is -0.126. The van der Waals surface area contributed by atoms with Gasteiger partial charge in [0.05, 0.1) is 6.42 Å². The molecule has 0 aliphatic rings. The number of nitrogens with two attached hydrogens (primary N) is 1. The summed E-state index contributed by atoms with van der Waals surface area (Å²) in [6.07, 6.45) is 4.68. The maximum absolute atomic E-state index is 10.9. The van der Waals surface area contributed by atoms with Crippen LogP contribution >= 0.6 is 0 Å². The lowest BCUT2D eigenvalue weighted by Crippen LogP contribution is -2.15. The molecule has 0 aromatic carbocycles. The molecule has 0 aliphatic carbocycles. The number of hydrogen-bond donors (Lipinski definition) is 1. The van der Waals surface area contributed by atoms with E-state index >= 15 is 0 Å². The van der Waals surface area contributed by atoms with Crippen LogP contribution in [0, 0.1) is 0 Å². The van der Waals surface area contributed by atoms with Crippen molar-refractivity contribution in [3.8, 4) is 0 Å². The highest BCUT2D eigenvalue weighted by atomic mass is 16.2. The van der Waals surface area contributed by atoms with Crippen molar-refractivity contribution in [3.63, 3.8) is 0 Å². The molecule has 0 aliphatic heterocycles. The van der Waals surface area contributed by atoms with Crippen LogP contribution in [0.5, 0.6) is 0 Å². The van der Waals surface area contributed by atoms with Crippen molar-refractivity contribution in [2.24, 2.45) is 5.73 Å². The average Bonchev–Trinajstić information content (AvgIpc) is 1.97. The second kappa shape index (κ2) is 6.83. The fraction of sp³-hybridized carbons (Fsp3) is 0.778. The maximum Gasteiger partial charge on any atom is 0.224 e. The molecule has 0 heterocycles. The fourth-order valence-corrected chi connectivity index (χ4v) is 1.03. The standard InChI is InChI=1S/C9H17NO2/c1-2-3-4-5-6-8(11)7-9(10)12/h2-7H2,1H3,(H2,10,12). The summed E-state index contributed by atoms with van der Waals surface area (Å²) in [6.45, 7) is 2.12. The number of ketones is 1. The normalized spacial score (nSPS) is 9.75. The van der Waals surface area contributed by atoms with Gasteiger partial charge in [0.2, 0.25) is 5.91 Å². The molecule has 0 spiro atoms. The minimum atomic E-state index is -0.518. The monoisotopic (exact) mass is 171 g/mol. The molecule has 2 N–H and O–H groups in total. The van der Waals surface area contributed by atoms with Gasteiger partial charge in [0.25, 0.3) is 0 Å². The van der Waals surface area contributed by atoms with Crippen molar-refractivity contribution in [1.29, 1.82) is 0 Å². The molecule has 0 saturated carbocycles. The largest absolute Gasteiger partial charge is 0.369 e. The number of unbranched alkanes of at least 4 members (excludes halogenated alkanes) is 3. The first kappa shape index (κ1) is 11.1. The minimum Gasteiger partial charge on any atom is -0.369 e. The number of carbonyl (C=O) groups excluding carboxylic acids is 2. The second-order valence-electron chi connectivity index (χ2n) is 2.99. The molecule has 0 unspecified atom stereocenters. The summed E-state index contributed by atoms with van der Waals surface area (Å²) >= 11 is 0. The molecule has 12 heavy (non-hydrogen) atoms. The van der Waals surface area contributed by atoms with Gasteiger partial charge < -0.3 is 5.73 Å². The average molecular weight is 171 g/mol. The quantitative estimate of drug-likeness (QED) is 0.465. The van der Waals surface area contributed by atoms with Crippen LogP contribution in [0.15, 0.2) is 0 Å². The molecule has 0 rings (SSSR count). The minimum absolute atomic E-state index is 0.0291. The molecule has 70 valence electrons. The van der Waals surface area contributed by atoms with Crippen molar-refractivity contribution in [2.75, 3.05) is 0 Å². The van der Waals surface area contributed by atoms with Gasteiger partial charge in [-0.25, -0.2) is 0 Å². The molecule has 0 radical (unpaired) electrons. The summed E-state index contributed by atoms with van der Waals surface area (Å²) in [7, 11) is 0. The summed E-state index contributed by atoms with van der Waals surface area (Å²) in [5, 5.41) is 0. The first-order valence-electron chi connectivity index (χ1n) is 4.46. The summed E-state index contributed by atoms with van der Waals surface area (Å²) in [6, 6.07) is 0. The van der Waals surface area contributed by atoms with Crippen molar-refractivity contribution >= 4 is 11.7 Å². The zero-order valence-electron chi connectivity index (χ0n) is 7.64. The number of carbonyl (C=O) groups is 2. The summed E-state index contributed by atoms with van der Waals surface area (Å²) in [5.41, 5.74) is 4.86.